The van der Waals surface area contributed by atoms with Crippen molar-refractivity contribution in [3.05, 3.63) is 51.5 Å². The molecule has 0 aliphatic heterocycles. The van der Waals surface area contributed by atoms with Gasteiger partial charge in [-0.15, -0.1) is 0 Å². The summed E-state index contributed by atoms with van der Waals surface area (Å²) in [6.45, 7) is 2.15. The number of nitrogens with one attached hydrogen (secondary N) is 2. The fourth-order valence-electron chi connectivity index (χ4n) is 2.53. The van der Waals surface area contributed by atoms with Gasteiger partial charge in [-0.25, -0.2) is 4.79 Å². The Morgan fingerprint density at radius 2 is 1.63 bits per heavy atom. The molecule has 27 heavy (non-hydrogen) atoms. The van der Waals surface area contributed by atoms with E-state index in [1.165, 1.54) is 7.11 Å². The van der Waals surface area contributed by atoms with Crippen LogP contribution in [-0.2, 0) is 6.54 Å². The summed E-state index contributed by atoms with van der Waals surface area (Å²) >= 11 is 11.9. The maximum atomic E-state index is 12.2. The molecule has 0 spiro atoms. The van der Waals surface area contributed by atoms with E-state index in [0.29, 0.717) is 27.3 Å². The first-order valence-corrected chi connectivity index (χ1v) is 8.93. The first-order chi connectivity index (χ1) is 12.9. The zero-order valence-corrected chi connectivity index (χ0v) is 17.1. The van der Waals surface area contributed by atoms with Gasteiger partial charge in [0.15, 0.2) is 11.5 Å². The van der Waals surface area contributed by atoms with Crippen LogP contribution < -0.4 is 24.8 Å². The van der Waals surface area contributed by atoms with Gasteiger partial charge in [-0.05, 0) is 42.3 Å². The van der Waals surface area contributed by atoms with E-state index in [1.54, 1.807) is 38.5 Å². The Balaban J connectivity index is 2.01. The molecule has 8 heteroatoms. The fraction of sp³-hybridized carbons (Fsp3) is 0.316. The summed E-state index contributed by atoms with van der Waals surface area (Å²) < 4.78 is 15.9. The van der Waals surface area contributed by atoms with E-state index < -0.39 is 0 Å². The molecule has 1 unspecified atom stereocenters. The lowest BCUT2D eigenvalue weighted by molar-refractivity contribution is 0.237. The zero-order chi connectivity index (χ0) is 20.0. The van der Waals surface area contributed by atoms with Gasteiger partial charge < -0.3 is 24.8 Å². The van der Waals surface area contributed by atoms with Crippen LogP contribution in [0, 0.1) is 0 Å². The third kappa shape index (κ3) is 5.34. The van der Waals surface area contributed by atoms with E-state index >= 15 is 0 Å². The minimum Gasteiger partial charge on any atom is -0.493 e. The van der Waals surface area contributed by atoms with Crippen LogP contribution in [0.3, 0.4) is 0 Å². The van der Waals surface area contributed by atoms with Crippen LogP contribution in [0.25, 0.3) is 0 Å². The normalized spacial score (nSPS) is 11.5. The summed E-state index contributed by atoms with van der Waals surface area (Å²) in [5.74, 6) is 1.55. The number of carbonyl (C=O) groups is 1. The number of halogens is 2. The Bertz CT molecular complexity index is 789. The third-order valence-electron chi connectivity index (χ3n) is 3.97. The topological polar surface area (TPSA) is 68.8 Å². The maximum Gasteiger partial charge on any atom is 0.315 e. The second-order valence-electron chi connectivity index (χ2n) is 5.76. The van der Waals surface area contributed by atoms with Crippen molar-refractivity contribution >= 4 is 29.2 Å². The Hall–Kier alpha value is -2.31. The molecule has 0 saturated heterocycles. The van der Waals surface area contributed by atoms with Gasteiger partial charge in [-0.2, -0.15) is 0 Å². The molecule has 2 amide bonds. The second-order valence-corrected chi connectivity index (χ2v) is 6.57. The molecule has 0 radical (unpaired) electrons. The lowest BCUT2D eigenvalue weighted by atomic mass is 10.1. The standard InChI is InChI=1S/C19H22Cl2N2O4/c1-11(13-5-6-14(20)15(21)9-13)23-19(24)22-10-12-7-16(25-2)18(27-4)17(8-12)26-3/h5-9,11H,10H2,1-4H3,(H2,22,23,24). The van der Waals surface area contributed by atoms with E-state index in [4.69, 9.17) is 37.4 Å². The van der Waals surface area contributed by atoms with Gasteiger partial charge in [0.2, 0.25) is 5.75 Å². The van der Waals surface area contributed by atoms with Crippen molar-refractivity contribution in [1.29, 1.82) is 0 Å². The molecular formula is C19H22Cl2N2O4. The Kier molecular flexibility index (Phi) is 7.45. The first kappa shape index (κ1) is 21.0. The molecule has 1 atom stereocenters. The monoisotopic (exact) mass is 412 g/mol. The quantitative estimate of drug-likeness (QED) is 0.697. The SMILES string of the molecule is COc1cc(CNC(=O)NC(C)c2ccc(Cl)c(Cl)c2)cc(OC)c1OC. The maximum absolute atomic E-state index is 12.2. The van der Waals surface area contributed by atoms with E-state index in [9.17, 15) is 4.79 Å². The highest BCUT2D eigenvalue weighted by Crippen LogP contribution is 2.38. The number of hydrogen-bond acceptors (Lipinski definition) is 4. The van der Waals surface area contributed by atoms with E-state index in [1.807, 2.05) is 13.0 Å². The predicted octanol–water partition coefficient (Wildman–Crippen LogP) is 4.58. The third-order valence-corrected chi connectivity index (χ3v) is 4.71. The van der Waals surface area contributed by atoms with E-state index in [2.05, 4.69) is 10.6 Å². The zero-order valence-electron chi connectivity index (χ0n) is 15.6. The molecule has 0 aromatic heterocycles. The van der Waals surface area contributed by atoms with Crippen LogP contribution in [0.1, 0.15) is 24.1 Å². The lowest BCUT2D eigenvalue weighted by Crippen LogP contribution is -2.36. The highest BCUT2D eigenvalue weighted by atomic mass is 35.5. The lowest BCUT2D eigenvalue weighted by Gasteiger charge is -2.17. The molecule has 0 saturated carbocycles. The number of benzene rings is 2. The van der Waals surface area contributed by atoms with Gasteiger partial charge in [-0.3, -0.25) is 0 Å². The van der Waals surface area contributed by atoms with Gasteiger partial charge in [0.25, 0.3) is 0 Å². The molecule has 0 bridgehead atoms. The average molecular weight is 413 g/mol. The van der Waals surface area contributed by atoms with Crippen LogP contribution in [0.2, 0.25) is 10.0 Å². The van der Waals surface area contributed by atoms with E-state index in [0.717, 1.165) is 11.1 Å². The van der Waals surface area contributed by atoms with Crippen LogP contribution in [0.4, 0.5) is 4.79 Å². The molecule has 2 aromatic rings. The number of urea groups is 1. The van der Waals surface area contributed by atoms with Crippen molar-refractivity contribution < 1.29 is 19.0 Å². The number of amides is 2. The number of methoxy groups -OCH3 is 3. The van der Waals surface area contributed by atoms with Crippen molar-refractivity contribution in [1.82, 2.24) is 10.6 Å². The molecule has 0 heterocycles. The van der Waals surface area contributed by atoms with Crippen molar-refractivity contribution in [2.24, 2.45) is 0 Å². The van der Waals surface area contributed by atoms with Crippen molar-refractivity contribution in [3.63, 3.8) is 0 Å². The predicted molar refractivity (Wildman–Crippen MR) is 106 cm³/mol. The summed E-state index contributed by atoms with van der Waals surface area (Å²) in [4.78, 5) is 12.2. The highest BCUT2D eigenvalue weighted by Gasteiger charge is 2.14. The summed E-state index contributed by atoms with van der Waals surface area (Å²) in [6, 6.07) is 8.26. The highest BCUT2D eigenvalue weighted by molar-refractivity contribution is 6.42. The van der Waals surface area contributed by atoms with Gasteiger partial charge in [0.1, 0.15) is 0 Å². The fourth-order valence-corrected chi connectivity index (χ4v) is 2.84. The molecule has 2 N–H and O–H groups in total. The first-order valence-electron chi connectivity index (χ1n) is 8.17. The number of hydrogen-bond donors (Lipinski definition) is 2. The minimum atomic E-state index is -0.317. The van der Waals surface area contributed by atoms with Crippen molar-refractivity contribution in [3.8, 4) is 17.2 Å². The molecular weight excluding hydrogens is 391 g/mol. The van der Waals surface area contributed by atoms with Crippen LogP contribution >= 0.6 is 23.2 Å². The van der Waals surface area contributed by atoms with Gasteiger partial charge in [0, 0.05) is 6.54 Å². The number of ether oxygens (including phenoxy) is 3. The van der Waals surface area contributed by atoms with Crippen molar-refractivity contribution in [2.75, 3.05) is 21.3 Å². The second kappa shape index (κ2) is 9.58. The Morgan fingerprint density at radius 3 is 2.15 bits per heavy atom. The Morgan fingerprint density at radius 1 is 1.00 bits per heavy atom. The molecule has 2 aromatic carbocycles. The Labute approximate surface area is 168 Å². The van der Waals surface area contributed by atoms with Gasteiger partial charge >= 0.3 is 6.03 Å². The number of rotatable bonds is 7. The smallest absolute Gasteiger partial charge is 0.315 e. The summed E-state index contributed by atoms with van der Waals surface area (Å²) in [5, 5.41) is 6.58. The van der Waals surface area contributed by atoms with E-state index in [-0.39, 0.29) is 18.6 Å². The van der Waals surface area contributed by atoms with Gasteiger partial charge in [0.05, 0.1) is 37.4 Å². The summed E-state index contributed by atoms with van der Waals surface area (Å²) in [5.41, 5.74) is 1.66. The van der Waals surface area contributed by atoms with Crippen molar-refractivity contribution in [2.45, 2.75) is 19.5 Å². The minimum absolute atomic E-state index is 0.236. The average Bonchev–Trinajstić information content (AvgIpc) is 2.67. The number of carbonyl (C=O) groups excluding carboxylic acids is 1. The molecule has 0 aliphatic carbocycles. The van der Waals surface area contributed by atoms with Crippen LogP contribution in [0.15, 0.2) is 30.3 Å². The van der Waals surface area contributed by atoms with Crippen LogP contribution in [-0.4, -0.2) is 27.4 Å². The van der Waals surface area contributed by atoms with Gasteiger partial charge in [-0.1, -0.05) is 29.3 Å². The molecule has 0 fully saturated rings. The molecule has 146 valence electrons. The summed E-state index contributed by atoms with van der Waals surface area (Å²) in [6.07, 6.45) is 0. The molecule has 0 aliphatic rings. The van der Waals surface area contributed by atoms with Crippen LogP contribution in [0.5, 0.6) is 17.2 Å². The largest absolute Gasteiger partial charge is 0.493 e. The molecule has 6 nitrogen and oxygen atoms in total. The molecule has 2 rings (SSSR count). The summed E-state index contributed by atoms with van der Waals surface area (Å²) in [7, 11) is 4.62.